The molecule has 5 heteroatoms. The van der Waals surface area contributed by atoms with Gasteiger partial charge in [-0.15, -0.1) is 0 Å². The highest BCUT2D eigenvalue weighted by Gasteiger charge is 2.25. The van der Waals surface area contributed by atoms with Gasteiger partial charge in [-0.2, -0.15) is 0 Å². The Kier molecular flexibility index (Phi) is 3.72. The number of nitrogens with one attached hydrogen (secondary N) is 1. The highest BCUT2D eigenvalue weighted by Crippen LogP contribution is 2.27. The number of carbonyl (C=O) groups excluding carboxylic acids is 1. The average molecular weight is 249 g/mol. The van der Waals surface area contributed by atoms with Crippen LogP contribution in [-0.2, 0) is 4.74 Å². The minimum absolute atomic E-state index is 0.299. The third-order valence-electron chi connectivity index (χ3n) is 3.39. The van der Waals surface area contributed by atoms with Crippen molar-refractivity contribution in [3.05, 3.63) is 23.8 Å². The van der Waals surface area contributed by atoms with Gasteiger partial charge in [0.25, 0.3) is 5.91 Å². The van der Waals surface area contributed by atoms with Crippen molar-refractivity contribution in [2.45, 2.75) is 31.4 Å². The zero-order valence-electron chi connectivity index (χ0n) is 10.5. The molecule has 1 aliphatic carbocycles. The molecule has 1 aromatic carbocycles. The van der Waals surface area contributed by atoms with E-state index in [9.17, 15) is 4.79 Å². The van der Waals surface area contributed by atoms with Crippen LogP contribution in [-0.4, -0.2) is 25.2 Å². The Bertz CT molecular complexity index is 448. The summed E-state index contributed by atoms with van der Waals surface area (Å²) in [6, 6.07) is 5.48. The summed E-state index contributed by atoms with van der Waals surface area (Å²) in [6.07, 6.45) is 3.31. The number of nitrogens with two attached hydrogens (primary N) is 2. The van der Waals surface area contributed by atoms with Crippen LogP contribution in [0.3, 0.4) is 0 Å². The van der Waals surface area contributed by atoms with Gasteiger partial charge in [0.1, 0.15) is 0 Å². The summed E-state index contributed by atoms with van der Waals surface area (Å²) in [6.45, 7) is 0. The quantitative estimate of drug-likeness (QED) is 0.702. The molecule has 0 radical (unpaired) electrons. The van der Waals surface area contributed by atoms with E-state index in [0.717, 1.165) is 24.9 Å². The molecule has 5 nitrogen and oxygen atoms in total. The predicted octanol–water partition coefficient (Wildman–Crippen LogP) is 1.35. The molecule has 1 amide bonds. The van der Waals surface area contributed by atoms with Crippen LogP contribution in [0.5, 0.6) is 0 Å². The zero-order chi connectivity index (χ0) is 13.1. The number of hydrogen-bond donors (Lipinski definition) is 3. The Balaban J connectivity index is 2.12. The Hall–Kier alpha value is -1.75. The van der Waals surface area contributed by atoms with Crippen LogP contribution >= 0.6 is 0 Å². The number of carbonyl (C=O) groups is 1. The van der Waals surface area contributed by atoms with E-state index >= 15 is 0 Å². The Morgan fingerprint density at radius 2 is 2.22 bits per heavy atom. The molecule has 0 spiro atoms. The summed E-state index contributed by atoms with van der Waals surface area (Å²) in [7, 11) is 1.73. The molecule has 0 aliphatic heterocycles. The van der Waals surface area contributed by atoms with Crippen molar-refractivity contribution in [2.75, 3.05) is 18.2 Å². The number of anilines is 2. The van der Waals surface area contributed by atoms with Crippen molar-refractivity contribution in [1.29, 1.82) is 0 Å². The molecule has 0 heterocycles. The monoisotopic (exact) mass is 249 g/mol. The van der Waals surface area contributed by atoms with Crippen molar-refractivity contribution in [1.82, 2.24) is 0 Å². The molecule has 1 saturated carbocycles. The maximum Gasteiger partial charge on any atom is 0.250 e. The molecule has 2 unspecified atom stereocenters. The van der Waals surface area contributed by atoms with E-state index in [2.05, 4.69) is 5.32 Å². The number of benzene rings is 1. The van der Waals surface area contributed by atoms with Crippen LogP contribution in [0.15, 0.2) is 18.2 Å². The molecular formula is C13H19N3O2. The largest absolute Gasteiger partial charge is 0.399 e. The number of rotatable bonds is 4. The SMILES string of the molecule is COC1CCC(Nc2ccc(N)cc2C(N)=O)C1. The van der Waals surface area contributed by atoms with Crippen molar-refractivity contribution in [2.24, 2.45) is 5.73 Å². The van der Waals surface area contributed by atoms with Gasteiger partial charge in [-0.25, -0.2) is 0 Å². The van der Waals surface area contributed by atoms with Gasteiger partial charge in [0, 0.05) is 24.5 Å². The van der Waals surface area contributed by atoms with E-state index in [-0.39, 0.29) is 0 Å². The van der Waals surface area contributed by atoms with Crippen LogP contribution in [0.25, 0.3) is 0 Å². The van der Waals surface area contributed by atoms with Crippen molar-refractivity contribution >= 4 is 17.3 Å². The van der Waals surface area contributed by atoms with Crippen molar-refractivity contribution in [3.63, 3.8) is 0 Å². The first kappa shape index (κ1) is 12.7. The molecule has 2 rings (SSSR count). The highest BCUT2D eigenvalue weighted by atomic mass is 16.5. The molecule has 98 valence electrons. The summed E-state index contributed by atoms with van der Waals surface area (Å²) in [5, 5.41) is 3.35. The summed E-state index contributed by atoms with van der Waals surface area (Å²) in [4.78, 5) is 11.4. The molecular weight excluding hydrogens is 230 g/mol. The van der Waals surface area contributed by atoms with Gasteiger partial charge >= 0.3 is 0 Å². The molecule has 1 aliphatic rings. The average Bonchev–Trinajstić information content (AvgIpc) is 2.79. The fourth-order valence-electron chi connectivity index (χ4n) is 2.40. The second-order valence-electron chi connectivity index (χ2n) is 4.68. The lowest BCUT2D eigenvalue weighted by Gasteiger charge is -2.16. The van der Waals surface area contributed by atoms with E-state index < -0.39 is 5.91 Å². The van der Waals surface area contributed by atoms with Gasteiger partial charge in [-0.05, 0) is 37.5 Å². The lowest BCUT2D eigenvalue weighted by atomic mass is 10.1. The minimum atomic E-state index is -0.467. The summed E-state index contributed by atoms with van der Waals surface area (Å²) >= 11 is 0. The number of nitrogen functional groups attached to an aromatic ring is 1. The minimum Gasteiger partial charge on any atom is -0.399 e. The molecule has 0 aromatic heterocycles. The molecule has 0 bridgehead atoms. The van der Waals surface area contributed by atoms with Crippen LogP contribution in [0.1, 0.15) is 29.6 Å². The maximum atomic E-state index is 11.4. The first-order valence-corrected chi connectivity index (χ1v) is 6.09. The van der Waals surface area contributed by atoms with Crippen molar-refractivity contribution in [3.8, 4) is 0 Å². The number of hydrogen-bond acceptors (Lipinski definition) is 4. The van der Waals surface area contributed by atoms with Crippen LogP contribution in [0, 0.1) is 0 Å². The van der Waals surface area contributed by atoms with Crippen molar-refractivity contribution < 1.29 is 9.53 Å². The van der Waals surface area contributed by atoms with Crippen LogP contribution < -0.4 is 16.8 Å². The fraction of sp³-hybridized carbons (Fsp3) is 0.462. The second kappa shape index (κ2) is 5.27. The molecule has 18 heavy (non-hydrogen) atoms. The Morgan fingerprint density at radius 1 is 1.44 bits per heavy atom. The smallest absolute Gasteiger partial charge is 0.250 e. The summed E-state index contributed by atoms with van der Waals surface area (Å²) in [5.41, 5.74) is 12.7. The molecule has 0 saturated heterocycles. The number of ether oxygens (including phenoxy) is 1. The summed E-state index contributed by atoms with van der Waals surface area (Å²) in [5.74, 6) is -0.467. The molecule has 1 aromatic rings. The van der Waals surface area contributed by atoms with Crippen LogP contribution in [0.2, 0.25) is 0 Å². The van der Waals surface area contributed by atoms with E-state index in [0.29, 0.717) is 23.4 Å². The first-order chi connectivity index (χ1) is 8.60. The second-order valence-corrected chi connectivity index (χ2v) is 4.68. The van der Waals surface area contributed by atoms with Gasteiger partial charge in [0.05, 0.1) is 11.7 Å². The molecule has 5 N–H and O–H groups in total. The van der Waals surface area contributed by atoms with Gasteiger partial charge in [0.15, 0.2) is 0 Å². The third kappa shape index (κ3) is 2.73. The van der Waals surface area contributed by atoms with E-state index in [1.165, 1.54) is 0 Å². The summed E-state index contributed by atoms with van der Waals surface area (Å²) < 4.78 is 5.32. The van der Waals surface area contributed by atoms with Crippen LogP contribution in [0.4, 0.5) is 11.4 Å². The van der Waals surface area contributed by atoms with Gasteiger partial charge in [-0.3, -0.25) is 4.79 Å². The van der Waals surface area contributed by atoms with E-state index in [1.54, 1.807) is 25.3 Å². The first-order valence-electron chi connectivity index (χ1n) is 6.09. The normalized spacial score (nSPS) is 22.9. The molecule has 2 atom stereocenters. The topological polar surface area (TPSA) is 90.4 Å². The maximum absolute atomic E-state index is 11.4. The number of methoxy groups -OCH3 is 1. The predicted molar refractivity (Wildman–Crippen MR) is 71.4 cm³/mol. The Morgan fingerprint density at radius 3 is 2.83 bits per heavy atom. The fourth-order valence-corrected chi connectivity index (χ4v) is 2.40. The number of primary amides is 1. The standard InChI is InChI=1S/C13H19N3O2/c1-18-10-4-3-9(7-10)16-12-5-2-8(14)6-11(12)13(15)17/h2,5-6,9-10,16H,3-4,7,14H2,1H3,(H2,15,17). The van der Waals surface area contributed by atoms with E-state index in [4.69, 9.17) is 16.2 Å². The Labute approximate surface area is 106 Å². The van der Waals surface area contributed by atoms with E-state index in [1.807, 2.05) is 0 Å². The van der Waals surface area contributed by atoms with Gasteiger partial charge in [0.2, 0.25) is 0 Å². The van der Waals surface area contributed by atoms with Gasteiger partial charge in [-0.1, -0.05) is 0 Å². The highest BCUT2D eigenvalue weighted by molar-refractivity contribution is 5.99. The lowest BCUT2D eigenvalue weighted by Crippen LogP contribution is -2.21. The molecule has 1 fully saturated rings. The van der Waals surface area contributed by atoms with Gasteiger partial charge < -0.3 is 21.5 Å². The zero-order valence-corrected chi connectivity index (χ0v) is 10.5. The lowest BCUT2D eigenvalue weighted by molar-refractivity contribution is 0.100. The third-order valence-corrected chi connectivity index (χ3v) is 3.39. The number of amides is 1.